The van der Waals surface area contributed by atoms with Crippen LogP contribution in [0.4, 0.5) is 0 Å². The van der Waals surface area contributed by atoms with Crippen LogP contribution in [0.1, 0.15) is 36.8 Å². The maximum atomic E-state index is 12.9. The third kappa shape index (κ3) is 6.23. The van der Waals surface area contributed by atoms with Crippen LogP contribution >= 0.6 is 27.7 Å². The highest BCUT2D eigenvalue weighted by atomic mass is 79.9. The molecule has 204 valence electrons. The van der Waals surface area contributed by atoms with E-state index in [2.05, 4.69) is 102 Å². The third-order valence-corrected chi connectivity index (χ3v) is 9.16. The predicted molar refractivity (Wildman–Crippen MR) is 165 cm³/mol. The second-order valence-electron chi connectivity index (χ2n) is 10.5. The van der Waals surface area contributed by atoms with Crippen LogP contribution in [0.5, 0.6) is 0 Å². The number of fused-ring (bicyclic) bond motifs is 3. The molecule has 5 aromatic rings. The van der Waals surface area contributed by atoms with Gasteiger partial charge in [0.15, 0.2) is 5.65 Å². The lowest BCUT2D eigenvalue weighted by molar-refractivity contribution is -0.132. The zero-order valence-corrected chi connectivity index (χ0v) is 24.8. The highest BCUT2D eigenvalue weighted by Crippen LogP contribution is 2.29. The standard InChI is InChI=1S/C32H32BrN5OS/c33-26-14-12-25(13-15-26)22-38-28-10-5-4-9-27(28)30-31(38)34-32(36-35-30)40-20-6-11-29(39)37-18-16-24(17-19-37)21-23-7-2-1-3-8-23/h1-5,7-10,12-15,24H,6,11,16-22H2. The summed E-state index contributed by atoms with van der Waals surface area (Å²) in [5.74, 6) is 1.72. The Morgan fingerprint density at radius 2 is 1.65 bits per heavy atom. The maximum Gasteiger partial charge on any atom is 0.222 e. The van der Waals surface area contributed by atoms with Gasteiger partial charge in [-0.1, -0.05) is 88.4 Å². The number of thioether (sulfide) groups is 1. The first-order valence-electron chi connectivity index (χ1n) is 13.9. The summed E-state index contributed by atoms with van der Waals surface area (Å²) in [5.41, 5.74) is 5.36. The first-order chi connectivity index (χ1) is 19.6. The van der Waals surface area contributed by atoms with E-state index in [1.54, 1.807) is 11.8 Å². The molecule has 1 saturated heterocycles. The molecule has 1 fully saturated rings. The summed E-state index contributed by atoms with van der Waals surface area (Å²) in [6.45, 7) is 2.45. The fraction of sp³-hybridized carbons (Fsp3) is 0.312. The number of hydrogen-bond donors (Lipinski definition) is 0. The van der Waals surface area contributed by atoms with Crippen LogP contribution in [-0.4, -0.2) is 49.4 Å². The molecule has 0 saturated carbocycles. The van der Waals surface area contributed by atoms with Gasteiger partial charge in [0.25, 0.3) is 0 Å². The zero-order chi connectivity index (χ0) is 27.3. The summed E-state index contributed by atoms with van der Waals surface area (Å²) < 4.78 is 3.28. The zero-order valence-electron chi connectivity index (χ0n) is 22.4. The van der Waals surface area contributed by atoms with Gasteiger partial charge in [0.1, 0.15) is 5.52 Å². The molecule has 1 aliphatic heterocycles. The van der Waals surface area contributed by atoms with Gasteiger partial charge in [-0.25, -0.2) is 4.98 Å². The van der Waals surface area contributed by atoms with Gasteiger partial charge in [-0.15, -0.1) is 10.2 Å². The molecule has 40 heavy (non-hydrogen) atoms. The summed E-state index contributed by atoms with van der Waals surface area (Å²) in [5, 5.41) is 10.7. The number of nitrogens with zero attached hydrogens (tertiary/aromatic N) is 5. The molecule has 0 radical (unpaired) electrons. The molecular formula is C32H32BrN5OS. The average Bonchev–Trinajstić information content (AvgIpc) is 3.30. The van der Waals surface area contributed by atoms with Gasteiger partial charge in [0, 0.05) is 41.7 Å². The lowest BCUT2D eigenvalue weighted by atomic mass is 9.90. The van der Waals surface area contributed by atoms with E-state index >= 15 is 0 Å². The average molecular weight is 615 g/mol. The van der Waals surface area contributed by atoms with Crippen molar-refractivity contribution in [2.24, 2.45) is 5.92 Å². The number of rotatable bonds is 9. The lowest BCUT2D eigenvalue weighted by Crippen LogP contribution is -2.38. The van der Waals surface area contributed by atoms with E-state index in [0.717, 1.165) is 71.1 Å². The van der Waals surface area contributed by atoms with E-state index in [0.29, 0.717) is 24.0 Å². The lowest BCUT2D eigenvalue weighted by Gasteiger charge is -2.32. The van der Waals surface area contributed by atoms with Gasteiger partial charge in [-0.2, -0.15) is 0 Å². The van der Waals surface area contributed by atoms with Crippen LogP contribution in [0.3, 0.4) is 0 Å². The number of hydrogen-bond acceptors (Lipinski definition) is 5. The molecule has 6 nitrogen and oxygen atoms in total. The van der Waals surface area contributed by atoms with Crippen LogP contribution in [0.2, 0.25) is 0 Å². The van der Waals surface area contributed by atoms with Gasteiger partial charge >= 0.3 is 0 Å². The highest BCUT2D eigenvalue weighted by molar-refractivity contribution is 9.10. The van der Waals surface area contributed by atoms with E-state index in [1.807, 2.05) is 12.1 Å². The van der Waals surface area contributed by atoms with Gasteiger partial charge in [0.05, 0.1) is 5.52 Å². The van der Waals surface area contributed by atoms with Crippen LogP contribution < -0.4 is 0 Å². The topological polar surface area (TPSA) is 63.9 Å². The summed E-state index contributed by atoms with van der Waals surface area (Å²) in [6, 6.07) is 27.3. The summed E-state index contributed by atoms with van der Waals surface area (Å²) in [4.78, 5) is 19.8. The van der Waals surface area contributed by atoms with E-state index in [1.165, 1.54) is 11.1 Å². The second-order valence-corrected chi connectivity index (χ2v) is 12.4. The Bertz CT molecular complexity index is 1600. The number of aromatic nitrogens is 4. The van der Waals surface area contributed by atoms with Crippen molar-refractivity contribution >= 4 is 55.7 Å². The van der Waals surface area contributed by atoms with Crippen molar-refractivity contribution in [3.8, 4) is 0 Å². The Kier molecular flexibility index (Phi) is 8.44. The minimum Gasteiger partial charge on any atom is -0.343 e. The smallest absolute Gasteiger partial charge is 0.222 e. The molecule has 2 aromatic heterocycles. The number of amides is 1. The number of benzene rings is 3. The largest absolute Gasteiger partial charge is 0.343 e. The molecule has 0 N–H and O–H groups in total. The normalized spacial score (nSPS) is 14.3. The minimum atomic E-state index is 0.267. The fourth-order valence-corrected chi connectivity index (χ4v) is 6.55. The van der Waals surface area contributed by atoms with E-state index in [-0.39, 0.29) is 5.91 Å². The second kappa shape index (κ2) is 12.5. The molecule has 0 bridgehead atoms. The first kappa shape index (κ1) is 27.0. The molecule has 0 unspecified atom stereocenters. The van der Waals surface area contributed by atoms with E-state index < -0.39 is 0 Å². The van der Waals surface area contributed by atoms with Crippen molar-refractivity contribution in [2.45, 2.75) is 43.8 Å². The van der Waals surface area contributed by atoms with Crippen molar-refractivity contribution in [1.29, 1.82) is 0 Å². The van der Waals surface area contributed by atoms with Gasteiger partial charge in [-0.3, -0.25) is 4.79 Å². The fourth-order valence-electron chi connectivity index (χ4n) is 5.56. The molecule has 8 heteroatoms. The van der Waals surface area contributed by atoms with Gasteiger partial charge < -0.3 is 9.47 Å². The molecule has 3 heterocycles. The Labute approximate surface area is 247 Å². The minimum absolute atomic E-state index is 0.267. The van der Waals surface area contributed by atoms with Crippen molar-refractivity contribution in [2.75, 3.05) is 18.8 Å². The number of para-hydroxylation sites is 1. The molecule has 1 aliphatic rings. The van der Waals surface area contributed by atoms with Crippen LogP contribution in [-0.2, 0) is 17.8 Å². The molecule has 1 amide bonds. The SMILES string of the molecule is O=C(CCCSc1nnc2c3ccccc3n(Cc3ccc(Br)cc3)c2n1)N1CCC(Cc2ccccc2)CC1. The van der Waals surface area contributed by atoms with Crippen molar-refractivity contribution < 1.29 is 4.79 Å². The molecular weight excluding hydrogens is 582 g/mol. The third-order valence-electron chi connectivity index (χ3n) is 7.71. The Morgan fingerprint density at radius 3 is 2.45 bits per heavy atom. The number of piperidine rings is 1. The van der Waals surface area contributed by atoms with Crippen molar-refractivity contribution in [3.05, 3.63) is 94.5 Å². The molecule has 6 rings (SSSR count). The van der Waals surface area contributed by atoms with Crippen molar-refractivity contribution in [3.63, 3.8) is 0 Å². The Morgan fingerprint density at radius 1 is 0.900 bits per heavy atom. The Balaban J connectivity index is 1.05. The number of halogens is 1. The number of carbonyl (C=O) groups excluding carboxylic acids is 1. The van der Waals surface area contributed by atoms with Crippen LogP contribution in [0, 0.1) is 5.92 Å². The maximum absolute atomic E-state index is 12.9. The van der Waals surface area contributed by atoms with Crippen LogP contribution in [0.25, 0.3) is 22.1 Å². The highest BCUT2D eigenvalue weighted by Gasteiger charge is 2.23. The van der Waals surface area contributed by atoms with E-state index in [4.69, 9.17) is 4.98 Å². The quantitative estimate of drug-likeness (QED) is 0.130. The molecule has 3 aromatic carbocycles. The summed E-state index contributed by atoms with van der Waals surface area (Å²) in [7, 11) is 0. The Hall–Kier alpha value is -3.23. The first-order valence-corrected chi connectivity index (χ1v) is 15.7. The summed E-state index contributed by atoms with van der Waals surface area (Å²) >= 11 is 5.10. The molecule has 0 spiro atoms. The van der Waals surface area contributed by atoms with Gasteiger partial charge in [-0.05, 0) is 60.9 Å². The molecule has 0 atom stereocenters. The van der Waals surface area contributed by atoms with E-state index in [9.17, 15) is 4.79 Å². The summed E-state index contributed by atoms with van der Waals surface area (Å²) in [6.07, 6.45) is 4.65. The van der Waals surface area contributed by atoms with Crippen LogP contribution in [0.15, 0.2) is 88.5 Å². The van der Waals surface area contributed by atoms with Gasteiger partial charge in [0.2, 0.25) is 11.1 Å². The molecule has 0 aliphatic carbocycles. The predicted octanol–water partition coefficient (Wildman–Crippen LogP) is 7.14. The number of likely N-dealkylation sites (tertiary alicyclic amines) is 1. The monoisotopic (exact) mass is 613 g/mol. The number of carbonyl (C=O) groups is 1. The van der Waals surface area contributed by atoms with Crippen molar-refractivity contribution in [1.82, 2.24) is 24.6 Å².